The highest BCUT2D eigenvalue weighted by Gasteiger charge is 2.29. The van der Waals surface area contributed by atoms with E-state index in [0.717, 1.165) is 12.7 Å². The van der Waals surface area contributed by atoms with Gasteiger partial charge in [0.1, 0.15) is 0 Å². The lowest BCUT2D eigenvalue weighted by Crippen LogP contribution is -2.04. The van der Waals surface area contributed by atoms with Crippen molar-refractivity contribution in [2.24, 2.45) is 0 Å². The van der Waals surface area contributed by atoms with Gasteiger partial charge in [-0.1, -0.05) is 17.7 Å². The Morgan fingerprint density at radius 2 is 2.17 bits per heavy atom. The highest BCUT2D eigenvalue weighted by molar-refractivity contribution is 6.36. The first-order chi connectivity index (χ1) is 8.47. The largest absolute Gasteiger partial charge is 0.464 e. The lowest BCUT2D eigenvalue weighted by atomic mass is 10.1. The molecular formula is C11H9ClN2O4. The Morgan fingerprint density at radius 3 is 2.72 bits per heavy atom. The SMILES string of the molecule is COC(=O)c1[nH]c2c(C)ccc(Cl)c2c1[N+](=O)[O-]. The van der Waals surface area contributed by atoms with Gasteiger partial charge >= 0.3 is 11.7 Å². The van der Waals surface area contributed by atoms with Crippen LogP contribution in [0.4, 0.5) is 5.69 Å². The van der Waals surface area contributed by atoms with Gasteiger partial charge in [-0.25, -0.2) is 4.79 Å². The lowest BCUT2D eigenvalue weighted by Gasteiger charge is -1.97. The molecule has 2 rings (SSSR count). The molecule has 94 valence electrons. The maximum Gasteiger partial charge on any atom is 0.361 e. The van der Waals surface area contributed by atoms with Crippen molar-refractivity contribution in [2.75, 3.05) is 7.11 Å². The molecule has 1 heterocycles. The van der Waals surface area contributed by atoms with Crippen molar-refractivity contribution in [1.82, 2.24) is 4.98 Å². The smallest absolute Gasteiger partial charge is 0.361 e. The molecule has 7 heteroatoms. The summed E-state index contributed by atoms with van der Waals surface area (Å²) < 4.78 is 4.52. The first-order valence-corrected chi connectivity index (χ1v) is 5.38. The molecule has 18 heavy (non-hydrogen) atoms. The number of methoxy groups -OCH3 is 1. The molecule has 0 saturated heterocycles. The molecular weight excluding hydrogens is 260 g/mol. The predicted octanol–water partition coefficient (Wildman–Crippen LogP) is 2.82. The molecule has 2 aromatic rings. The number of ether oxygens (including phenoxy) is 1. The van der Waals surface area contributed by atoms with E-state index in [1.54, 1.807) is 19.1 Å². The van der Waals surface area contributed by atoms with Crippen LogP contribution < -0.4 is 0 Å². The second-order valence-electron chi connectivity index (χ2n) is 3.71. The topological polar surface area (TPSA) is 85.2 Å². The third-order valence-electron chi connectivity index (χ3n) is 2.66. The van der Waals surface area contributed by atoms with Crippen LogP contribution in [0.25, 0.3) is 10.9 Å². The lowest BCUT2D eigenvalue weighted by molar-refractivity contribution is -0.383. The minimum atomic E-state index is -0.798. The van der Waals surface area contributed by atoms with Crippen molar-refractivity contribution >= 4 is 34.2 Å². The van der Waals surface area contributed by atoms with E-state index in [2.05, 4.69) is 9.72 Å². The number of carbonyl (C=O) groups excluding carboxylic acids is 1. The summed E-state index contributed by atoms with van der Waals surface area (Å²) in [7, 11) is 1.16. The number of nitrogens with one attached hydrogen (secondary N) is 1. The van der Waals surface area contributed by atoms with E-state index in [1.807, 2.05) is 0 Å². The van der Waals surface area contributed by atoms with E-state index in [0.29, 0.717) is 5.52 Å². The number of H-pyrrole nitrogens is 1. The summed E-state index contributed by atoms with van der Waals surface area (Å²) in [6, 6.07) is 3.27. The zero-order chi connectivity index (χ0) is 13.4. The molecule has 0 aliphatic carbocycles. The zero-order valence-electron chi connectivity index (χ0n) is 9.61. The van der Waals surface area contributed by atoms with Crippen LogP contribution in [-0.2, 0) is 4.74 Å². The molecule has 1 aromatic heterocycles. The Hall–Kier alpha value is -2.08. The number of benzene rings is 1. The fraction of sp³-hybridized carbons (Fsp3) is 0.182. The number of aromatic nitrogens is 1. The normalized spacial score (nSPS) is 10.6. The van der Waals surface area contributed by atoms with Gasteiger partial charge < -0.3 is 9.72 Å². The third-order valence-corrected chi connectivity index (χ3v) is 2.97. The van der Waals surface area contributed by atoms with Gasteiger partial charge in [-0.15, -0.1) is 0 Å². The quantitative estimate of drug-likeness (QED) is 0.515. The van der Waals surface area contributed by atoms with Gasteiger partial charge in [-0.2, -0.15) is 0 Å². The number of hydrogen-bond donors (Lipinski definition) is 1. The van der Waals surface area contributed by atoms with Crippen LogP contribution in [-0.4, -0.2) is 23.0 Å². The second-order valence-corrected chi connectivity index (χ2v) is 4.12. The number of rotatable bonds is 2. The Morgan fingerprint density at radius 1 is 1.50 bits per heavy atom. The highest BCUT2D eigenvalue weighted by Crippen LogP contribution is 2.36. The average molecular weight is 269 g/mol. The second kappa shape index (κ2) is 4.30. The molecule has 1 N–H and O–H groups in total. The molecule has 6 nitrogen and oxygen atoms in total. The number of esters is 1. The number of fused-ring (bicyclic) bond motifs is 1. The predicted molar refractivity (Wildman–Crippen MR) is 66.0 cm³/mol. The fourth-order valence-corrected chi connectivity index (χ4v) is 2.06. The molecule has 0 radical (unpaired) electrons. The van der Waals surface area contributed by atoms with Crippen molar-refractivity contribution in [1.29, 1.82) is 0 Å². The van der Waals surface area contributed by atoms with Crippen molar-refractivity contribution in [3.05, 3.63) is 38.5 Å². The number of aromatic amines is 1. The minimum Gasteiger partial charge on any atom is -0.464 e. The molecule has 0 amide bonds. The maximum atomic E-state index is 11.5. The molecule has 0 aliphatic heterocycles. The van der Waals surface area contributed by atoms with E-state index in [-0.39, 0.29) is 21.8 Å². The van der Waals surface area contributed by atoms with E-state index < -0.39 is 10.9 Å². The van der Waals surface area contributed by atoms with Crippen LogP contribution in [0, 0.1) is 17.0 Å². The van der Waals surface area contributed by atoms with Gasteiger partial charge in [0.15, 0.2) is 0 Å². The van der Waals surface area contributed by atoms with Gasteiger partial charge in [0, 0.05) is 0 Å². The van der Waals surface area contributed by atoms with Crippen LogP contribution in [0.5, 0.6) is 0 Å². The monoisotopic (exact) mass is 268 g/mol. The van der Waals surface area contributed by atoms with Crippen LogP contribution in [0.2, 0.25) is 5.02 Å². The van der Waals surface area contributed by atoms with E-state index in [4.69, 9.17) is 11.6 Å². The first-order valence-electron chi connectivity index (χ1n) is 5.00. The van der Waals surface area contributed by atoms with E-state index in [9.17, 15) is 14.9 Å². The van der Waals surface area contributed by atoms with Gasteiger partial charge in [0.25, 0.3) is 0 Å². The molecule has 0 fully saturated rings. The van der Waals surface area contributed by atoms with E-state index >= 15 is 0 Å². The van der Waals surface area contributed by atoms with Gasteiger partial charge in [0.05, 0.1) is 28.0 Å². The van der Waals surface area contributed by atoms with Crippen LogP contribution >= 0.6 is 11.6 Å². The fourth-order valence-electron chi connectivity index (χ4n) is 1.82. The number of nitrogens with zero attached hydrogens (tertiary/aromatic N) is 1. The standard InChI is InChI=1S/C11H9ClN2O4/c1-5-3-4-6(12)7-8(5)13-9(11(15)18-2)10(7)14(16)17/h3-4,13H,1-2H3. The van der Waals surface area contributed by atoms with Crippen LogP contribution in [0.15, 0.2) is 12.1 Å². The Kier molecular flexibility index (Phi) is 2.96. The van der Waals surface area contributed by atoms with Crippen molar-refractivity contribution < 1.29 is 14.5 Å². The first kappa shape index (κ1) is 12.4. The summed E-state index contributed by atoms with van der Waals surface area (Å²) in [6.45, 7) is 1.76. The number of hydrogen-bond acceptors (Lipinski definition) is 4. The van der Waals surface area contributed by atoms with Gasteiger partial charge in [-0.3, -0.25) is 10.1 Å². The summed E-state index contributed by atoms with van der Waals surface area (Å²) in [6.07, 6.45) is 0. The van der Waals surface area contributed by atoms with Gasteiger partial charge in [0.2, 0.25) is 5.69 Å². The molecule has 0 saturated carbocycles. The summed E-state index contributed by atoms with van der Waals surface area (Å²) in [5.41, 5.74) is 0.668. The summed E-state index contributed by atoms with van der Waals surface area (Å²) >= 11 is 5.96. The molecule has 0 aliphatic rings. The third kappa shape index (κ3) is 1.70. The maximum absolute atomic E-state index is 11.5. The summed E-state index contributed by atoms with van der Waals surface area (Å²) in [5, 5.41) is 11.5. The number of aryl methyl sites for hydroxylation is 1. The van der Waals surface area contributed by atoms with Gasteiger partial charge in [-0.05, 0) is 18.6 Å². The van der Waals surface area contributed by atoms with Crippen LogP contribution in [0.3, 0.4) is 0 Å². The average Bonchev–Trinajstić information content (AvgIpc) is 2.74. The highest BCUT2D eigenvalue weighted by atomic mass is 35.5. The van der Waals surface area contributed by atoms with Crippen molar-refractivity contribution in [2.45, 2.75) is 6.92 Å². The Balaban J connectivity index is 2.93. The van der Waals surface area contributed by atoms with Crippen molar-refractivity contribution in [3.63, 3.8) is 0 Å². The molecule has 0 bridgehead atoms. The van der Waals surface area contributed by atoms with E-state index in [1.165, 1.54) is 0 Å². The Bertz CT molecular complexity index is 663. The number of carbonyl (C=O) groups is 1. The summed E-state index contributed by atoms with van der Waals surface area (Å²) in [4.78, 5) is 24.7. The number of halogens is 1. The minimum absolute atomic E-state index is 0.200. The molecule has 1 aromatic carbocycles. The molecule has 0 spiro atoms. The molecule has 0 atom stereocenters. The summed E-state index contributed by atoms with van der Waals surface area (Å²) in [5.74, 6) is -0.798. The number of nitro groups is 1. The Labute approximate surface area is 107 Å². The molecule has 0 unspecified atom stereocenters. The zero-order valence-corrected chi connectivity index (χ0v) is 10.4. The van der Waals surface area contributed by atoms with Crippen LogP contribution in [0.1, 0.15) is 16.1 Å². The van der Waals surface area contributed by atoms with Crippen molar-refractivity contribution in [3.8, 4) is 0 Å².